The third-order valence-corrected chi connectivity index (χ3v) is 13.1. The van der Waals surface area contributed by atoms with Crippen molar-refractivity contribution in [2.75, 3.05) is 65.5 Å². The Labute approximate surface area is 527 Å². The van der Waals surface area contributed by atoms with Gasteiger partial charge in [0.15, 0.2) is 5.82 Å². The average molecular weight is 1680 g/mol. The number of benzene rings is 4. The van der Waals surface area contributed by atoms with Gasteiger partial charge in [0.1, 0.15) is 47.3 Å². The Morgan fingerprint density at radius 1 is 0.592 bits per heavy atom. The molecule has 4 aromatic carbocycles. The SMILES string of the molecule is CC(=O)CSc1ccc(N2C[C@H](C[NH-])OC2=O)cc1F.CC(=O)CSc1ccc(N2C[C@H](C[NH-])OC2=O)cc1F.[Ac].[Ac].[Ac].[NH-]C[C@H]1CN(c2ccc(SCc3noc(-c4ccccc4)n3)c(F)c2)C(=O)O1. The van der Waals surface area contributed by atoms with Crippen LogP contribution in [0.25, 0.3) is 28.7 Å². The van der Waals surface area contributed by atoms with Crippen molar-refractivity contribution in [1.29, 1.82) is 0 Å². The summed E-state index contributed by atoms with van der Waals surface area (Å²) in [7, 11) is 0. The molecule has 3 radical (unpaired) electrons. The van der Waals surface area contributed by atoms with Gasteiger partial charge in [-0.1, -0.05) is 23.4 Å². The number of ether oxygens (including phenoxy) is 3. The van der Waals surface area contributed by atoms with Gasteiger partial charge in [-0.05, 0) is 80.6 Å². The maximum Gasteiger partial charge on any atom is 0.414 e. The van der Waals surface area contributed by atoms with Crippen molar-refractivity contribution in [3.05, 3.63) is 125 Å². The van der Waals surface area contributed by atoms with Crippen molar-refractivity contribution in [3.63, 3.8) is 0 Å². The maximum absolute atomic E-state index is 14.5. The molecule has 8 rings (SSSR count). The van der Waals surface area contributed by atoms with Crippen LogP contribution < -0.4 is 14.7 Å². The van der Waals surface area contributed by atoms with E-state index in [-0.39, 0.29) is 195 Å². The van der Waals surface area contributed by atoms with Gasteiger partial charge in [-0.2, -0.15) is 4.98 Å². The monoisotopic (exact) mass is 1670 g/mol. The topological polar surface area (TPSA) is 233 Å². The summed E-state index contributed by atoms with van der Waals surface area (Å²) in [5.74, 6) is 0.200. The number of hydrogen-bond donors (Lipinski definition) is 0. The number of nitrogens with zero attached hydrogens (tertiary/aromatic N) is 5. The smallest absolute Gasteiger partial charge is 0.414 e. The van der Waals surface area contributed by atoms with E-state index in [0.29, 0.717) is 49.2 Å². The summed E-state index contributed by atoms with van der Waals surface area (Å²) < 4.78 is 62.5. The van der Waals surface area contributed by atoms with E-state index < -0.39 is 54.0 Å². The summed E-state index contributed by atoms with van der Waals surface area (Å²) in [5, 5.41) is 3.93. The third-order valence-electron chi connectivity index (χ3n) is 9.69. The summed E-state index contributed by atoms with van der Waals surface area (Å²) in [6.45, 7) is 3.59. The molecule has 71 heavy (non-hydrogen) atoms. The first-order valence-corrected chi connectivity index (χ1v) is 23.6. The quantitative estimate of drug-likeness (QED) is 0.0661. The normalized spacial score (nSPS) is 16.8. The summed E-state index contributed by atoms with van der Waals surface area (Å²) >= 11 is 3.49. The van der Waals surface area contributed by atoms with Crippen LogP contribution in [-0.2, 0) is 29.6 Å². The van der Waals surface area contributed by atoms with Crippen LogP contribution in [0.2, 0.25) is 0 Å². The molecule has 0 aliphatic carbocycles. The van der Waals surface area contributed by atoms with Crippen molar-refractivity contribution >= 4 is 82.2 Å². The van der Waals surface area contributed by atoms with Crippen molar-refractivity contribution in [2.45, 2.75) is 52.6 Å². The minimum Gasteiger partial charge on any atom is -0.674 e. The third kappa shape index (κ3) is 18.5. The second-order valence-corrected chi connectivity index (χ2v) is 18.0. The number of nitrogens with one attached hydrogen (secondary N) is 3. The molecule has 5 aromatic rings. The number of hydrogen-bond acceptors (Lipinski definition) is 14. The second kappa shape index (κ2) is 31.3. The molecule has 3 amide bonds. The van der Waals surface area contributed by atoms with E-state index >= 15 is 0 Å². The summed E-state index contributed by atoms with van der Waals surface area (Å²) in [5.41, 5.74) is 23.7. The Bertz CT molecular complexity index is 2520. The number of thioether (sulfide) groups is 3. The van der Waals surface area contributed by atoms with E-state index in [1.54, 1.807) is 36.4 Å². The standard InChI is InChI=1S/C19H16FN4O3S.2C13H14FN2O3S.3Ac/c20-15-8-13(24-10-14(9-21)26-19(24)25)6-7-16(15)28-11-17-22-18(27-23-17)12-4-2-1-3-5-12;2*1-8(17)7-20-12-3-2-9(4-11(12)14)16-6-10(5-15)19-13(16)18;;;/h1-8,14,21H,9-11H2;2*2-4,10,15H,5-7H2,1H3;;;/q3*-1;;;/t14-;2*10-;;;/m000.../s1. The van der Waals surface area contributed by atoms with E-state index in [0.717, 1.165) is 29.1 Å². The van der Waals surface area contributed by atoms with Gasteiger partial charge in [-0.25, -0.2) is 27.6 Å². The Morgan fingerprint density at radius 2 is 0.958 bits per heavy atom. The first kappa shape index (κ1) is 63.5. The molecule has 0 unspecified atom stereocenters. The first-order chi connectivity index (χ1) is 32.6. The molecule has 3 atom stereocenters. The van der Waals surface area contributed by atoms with Gasteiger partial charge in [0.2, 0.25) is 0 Å². The van der Waals surface area contributed by atoms with E-state index in [1.807, 2.05) is 30.3 Å². The molecule has 17 nitrogen and oxygen atoms in total. The van der Waals surface area contributed by atoms with Crippen LogP contribution in [0.1, 0.15) is 19.7 Å². The number of cyclic esters (lactones) is 3. The number of ketones is 2. The van der Waals surface area contributed by atoms with Gasteiger partial charge in [0, 0.05) is 152 Å². The van der Waals surface area contributed by atoms with Crippen LogP contribution >= 0.6 is 35.3 Å². The van der Waals surface area contributed by atoms with Crippen molar-refractivity contribution in [2.24, 2.45) is 0 Å². The Balaban J connectivity index is 0.000000282. The first-order valence-electron chi connectivity index (χ1n) is 20.7. The Hall–Kier alpha value is -1.79. The van der Waals surface area contributed by atoms with Gasteiger partial charge in [-0.15, -0.1) is 54.9 Å². The van der Waals surface area contributed by atoms with E-state index in [9.17, 15) is 37.1 Å². The number of aromatic nitrogens is 2. The van der Waals surface area contributed by atoms with Crippen LogP contribution in [0.4, 0.5) is 44.6 Å². The molecule has 0 spiro atoms. The maximum atomic E-state index is 14.5. The van der Waals surface area contributed by atoms with Gasteiger partial charge in [-0.3, -0.25) is 24.3 Å². The van der Waals surface area contributed by atoms with Crippen LogP contribution in [0, 0.1) is 150 Å². The molecule has 3 aliphatic rings. The van der Waals surface area contributed by atoms with Gasteiger partial charge in [0.05, 0.1) is 54.0 Å². The van der Waals surface area contributed by atoms with Crippen molar-refractivity contribution in [3.8, 4) is 11.5 Å². The molecule has 1 aromatic heterocycles. The number of carbonyl (C=O) groups excluding carboxylic acids is 5. The molecule has 3 fully saturated rings. The molecule has 26 heteroatoms. The minimum absolute atomic E-state index is 0. The molecule has 4 heterocycles. The number of carbonyl (C=O) groups is 5. The zero-order chi connectivity index (χ0) is 48.9. The zero-order valence-electron chi connectivity index (χ0n) is 38.2. The van der Waals surface area contributed by atoms with Gasteiger partial charge in [0.25, 0.3) is 5.89 Å². The Morgan fingerprint density at radius 3 is 1.28 bits per heavy atom. The molecule has 369 valence electrons. The zero-order valence-corrected chi connectivity index (χ0v) is 54.9. The van der Waals surface area contributed by atoms with Gasteiger partial charge < -0.3 is 35.9 Å². The van der Waals surface area contributed by atoms with Gasteiger partial charge >= 0.3 is 18.3 Å². The summed E-state index contributed by atoms with van der Waals surface area (Å²) in [6.07, 6.45) is -3.12. The number of rotatable bonds is 16. The Kier molecular flexibility index (Phi) is 28.0. The number of amides is 3. The second-order valence-electron chi connectivity index (χ2n) is 15.0. The average Bonchev–Trinajstić information content (AvgIpc) is 4.14. The molecular weight excluding hydrogens is 1630 g/mol. The van der Waals surface area contributed by atoms with Crippen LogP contribution in [0.15, 0.2) is 104 Å². The fraction of sp³-hybridized carbons (Fsp3) is 0.311. The molecule has 3 N–H and O–H groups in total. The van der Waals surface area contributed by atoms with Crippen LogP contribution in [0.5, 0.6) is 0 Å². The summed E-state index contributed by atoms with van der Waals surface area (Å²) in [6, 6.07) is 22.8. The number of Topliss-reactive ketones (excluding diaryl/α,β-unsaturated/α-hetero) is 2. The van der Waals surface area contributed by atoms with E-state index in [1.165, 1.54) is 58.5 Å². The van der Waals surface area contributed by atoms with Crippen LogP contribution in [0.3, 0.4) is 0 Å². The van der Waals surface area contributed by atoms with E-state index in [4.69, 9.17) is 35.9 Å². The predicted molar refractivity (Wildman–Crippen MR) is 252 cm³/mol. The predicted octanol–water partition coefficient (Wildman–Crippen LogP) is 10.3. The number of halogens is 3. The van der Waals surface area contributed by atoms with E-state index in [2.05, 4.69) is 10.1 Å². The van der Waals surface area contributed by atoms with Crippen molar-refractivity contribution in [1.82, 2.24) is 10.1 Å². The molecular formula is C45H44Ac3F3N8O9S3-3. The molecule has 0 saturated carbocycles. The van der Waals surface area contributed by atoms with Crippen molar-refractivity contribution < 1.29 is 188 Å². The fourth-order valence-electron chi connectivity index (χ4n) is 6.35. The number of anilines is 3. The summed E-state index contributed by atoms with van der Waals surface area (Å²) in [4.78, 5) is 66.2. The fourth-order valence-corrected chi connectivity index (χ4v) is 8.55. The largest absolute Gasteiger partial charge is 0.674 e. The molecule has 3 saturated heterocycles. The minimum atomic E-state index is -0.564. The molecule has 0 bridgehead atoms. The van der Waals surface area contributed by atoms with Crippen LogP contribution in [-0.4, -0.2) is 109 Å². The molecule has 3 aliphatic heterocycles.